The molecule has 0 spiro atoms. The van der Waals surface area contributed by atoms with Crippen LogP contribution in [0.4, 0.5) is 8.78 Å². The molecule has 0 heterocycles. The summed E-state index contributed by atoms with van der Waals surface area (Å²) in [5.41, 5.74) is -0.504. The van der Waals surface area contributed by atoms with E-state index in [9.17, 15) is 13.9 Å². The van der Waals surface area contributed by atoms with E-state index < -0.39 is 23.0 Å². The highest BCUT2D eigenvalue weighted by Gasteiger charge is 2.34. The highest BCUT2D eigenvalue weighted by atomic mass is 19.3. The van der Waals surface area contributed by atoms with Crippen molar-refractivity contribution in [2.75, 3.05) is 0 Å². The van der Waals surface area contributed by atoms with E-state index in [0.717, 1.165) is 6.07 Å². The Balaban J connectivity index is 2.98. The fourth-order valence-corrected chi connectivity index (χ4v) is 1.36. The van der Waals surface area contributed by atoms with Gasteiger partial charge in [0.2, 0.25) is 0 Å². The Labute approximate surface area is 87.2 Å². The summed E-state index contributed by atoms with van der Waals surface area (Å²) in [6, 6.07) is 3.60. The van der Waals surface area contributed by atoms with Gasteiger partial charge in [-0.3, -0.25) is 0 Å². The average Bonchev–Trinajstić information content (AvgIpc) is 2.19. The van der Waals surface area contributed by atoms with Crippen LogP contribution in [0.5, 0.6) is 11.5 Å². The molecule has 1 rings (SSSR count). The van der Waals surface area contributed by atoms with Gasteiger partial charge < -0.3 is 10.2 Å². The molecule has 1 aromatic carbocycles. The monoisotopic (exact) mass is 216 g/mol. The van der Waals surface area contributed by atoms with Crippen LogP contribution in [0.2, 0.25) is 0 Å². The molecule has 0 aliphatic heterocycles. The van der Waals surface area contributed by atoms with Gasteiger partial charge in [-0.2, -0.15) is 0 Å². The van der Waals surface area contributed by atoms with Gasteiger partial charge in [0, 0.05) is 6.42 Å². The van der Waals surface area contributed by atoms with Crippen molar-refractivity contribution in [3.8, 4) is 11.5 Å². The molecule has 84 valence electrons. The Kier molecular flexibility index (Phi) is 3.50. The minimum Gasteiger partial charge on any atom is -0.504 e. The molecule has 0 amide bonds. The van der Waals surface area contributed by atoms with Gasteiger partial charge in [0.05, 0.1) is 5.56 Å². The molecule has 4 heteroatoms. The van der Waals surface area contributed by atoms with Gasteiger partial charge in [-0.05, 0) is 18.6 Å². The Morgan fingerprint density at radius 2 is 1.93 bits per heavy atom. The molecule has 0 fully saturated rings. The van der Waals surface area contributed by atoms with Crippen LogP contribution in [0.3, 0.4) is 0 Å². The van der Waals surface area contributed by atoms with Crippen molar-refractivity contribution < 1.29 is 19.0 Å². The molecule has 2 N–H and O–H groups in total. The average molecular weight is 216 g/mol. The van der Waals surface area contributed by atoms with E-state index in [0.29, 0.717) is 12.8 Å². The van der Waals surface area contributed by atoms with E-state index in [4.69, 9.17) is 5.11 Å². The maximum absolute atomic E-state index is 13.5. The van der Waals surface area contributed by atoms with Crippen LogP contribution in [-0.2, 0) is 5.92 Å². The SMILES string of the molecule is CCCCC(F)(F)c1cccc(O)c1O. The molecular formula is C11H14F2O2. The summed E-state index contributed by atoms with van der Waals surface area (Å²) >= 11 is 0. The third-order valence-corrected chi connectivity index (χ3v) is 2.25. The lowest BCUT2D eigenvalue weighted by Gasteiger charge is -2.17. The maximum atomic E-state index is 13.5. The number of phenolic OH excluding ortho intramolecular Hbond substituents is 2. The van der Waals surface area contributed by atoms with Crippen molar-refractivity contribution in [2.24, 2.45) is 0 Å². The highest BCUT2D eigenvalue weighted by molar-refractivity contribution is 5.46. The number of unbranched alkanes of at least 4 members (excludes halogenated alkanes) is 1. The number of benzene rings is 1. The van der Waals surface area contributed by atoms with Crippen LogP contribution in [0.1, 0.15) is 31.7 Å². The van der Waals surface area contributed by atoms with Gasteiger partial charge in [0.1, 0.15) is 0 Å². The van der Waals surface area contributed by atoms with Gasteiger partial charge in [-0.15, -0.1) is 0 Å². The van der Waals surface area contributed by atoms with Gasteiger partial charge in [-0.1, -0.05) is 19.4 Å². The third kappa shape index (κ3) is 2.58. The summed E-state index contributed by atoms with van der Waals surface area (Å²) in [6.45, 7) is 1.82. The first-order valence-electron chi connectivity index (χ1n) is 4.88. The van der Waals surface area contributed by atoms with Crippen molar-refractivity contribution in [3.63, 3.8) is 0 Å². The molecule has 0 aliphatic rings. The Morgan fingerprint density at radius 3 is 2.53 bits per heavy atom. The van der Waals surface area contributed by atoms with Gasteiger partial charge in [0.15, 0.2) is 11.5 Å². The van der Waals surface area contributed by atoms with Crippen molar-refractivity contribution in [1.29, 1.82) is 0 Å². The molecule has 2 nitrogen and oxygen atoms in total. The predicted molar refractivity (Wildman–Crippen MR) is 53.2 cm³/mol. The quantitative estimate of drug-likeness (QED) is 0.757. The van der Waals surface area contributed by atoms with E-state index in [-0.39, 0.29) is 6.42 Å². The van der Waals surface area contributed by atoms with E-state index in [1.807, 2.05) is 6.92 Å². The number of rotatable bonds is 4. The summed E-state index contributed by atoms with van der Waals surface area (Å²) < 4.78 is 27.0. The summed E-state index contributed by atoms with van der Waals surface area (Å²) in [6.07, 6.45) is 0.720. The first-order valence-corrected chi connectivity index (χ1v) is 4.88. The Bertz CT molecular complexity index is 337. The summed E-state index contributed by atoms with van der Waals surface area (Å²) in [4.78, 5) is 0. The van der Waals surface area contributed by atoms with Crippen molar-refractivity contribution in [2.45, 2.75) is 32.1 Å². The molecular weight excluding hydrogens is 202 g/mol. The van der Waals surface area contributed by atoms with E-state index in [1.165, 1.54) is 12.1 Å². The van der Waals surface area contributed by atoms with Gasteiger partial charge in [0.25, 0.3) is 5.92 Å². The zero-order valence-electron chi connectivity index (χ0n) is 8.50. The van der Waals surface area contributed by atoms with E-state index >= 15 is 0 Å². The summed E-state index contributed by atoms with van der Waals surface area (Å²) in [5.74, 6) is -4.32. The number of hydrogen-bond donors (Lipinski definition) is 2. The van der Waals surface area contributed by atoms with Crippen LogP contribution in [-0.4, -0.2) is 10.2 Å². The Morgan fingerprint density at radius 1 is 1.27 bits per heavy atom. The summed E-state index contributed by atoms with van der Waals surface area (Å²) in [5, 5.41) is 18.4. The zero-order chi connectivity index (χ0) is 11.5. The largest absolute Gasteiger partial charge is 0.504 e. The number of hydrogen-bond acceptors (Lipinski definition) is 2. The highest BCUT2D eigenvalue weighted by Crippen LogP contribution is 2.41. The molecule has 0 atom stereocenters. The smallest absolute Gasteiger partial charge is 0.276 e. The fraction of sp³-hybridized carbons (Fsp3) is 0.455. The second kappa shape index (κ2) is 4.47. The second-order valence-corrected chi connectivity index (χ2v) is 3.48. The maximum Gasteiger partial charge on any atom is 0.276 e. The molecule has 0 aromatic heterocycles. The van der Waals surface area contributed by atoms with Gasteiger partial charge >= 0.3 is 0 Å². The van der Waals surface area contributed by atoms with E-state index in [2.05, 4.69) is 0 Å². The van der Waals surface area contributed by atoms with Crippen molar-refractivity contribution in [1.82, 2.24) is 0 Å². The second-order valence-electron chi connectivity index (χ2n) is 3.48. The lowest BCUT2D eigenvalue weighted by Crippen LogP contribution is -2.13. The Hall–Kier alpha value is -1.32. The van der Waals surface area contributed by atoms with Crippen LogP contribution < -0.4 is 0 Å². The van der Waals surface area contributed by atoms with Crippen LogP contribution >= 0.6 is 0 Å². The molecule has 0 bridgehead atoms. The predicted octanol–water partition coefficient (Wildman–Crippen LogP) is 3.38. The number of halogens is 2. The zero-order valence-corrected chi connectivity index (χ0v) is 8.50. The fourth-order valence-electron chi connectivity index (χ4n) is 1.36. The van der Waals surface area contributed by atoms with Crippen LogP contribution in [0.15, 0.2) is 18.2 Å². The molecule has 0 radical (unpaired) electrons. The first kappa shape index (κ1) is 11.8. The standard InChI is InChI=1S/C11H14F2O2/c1-2-3-7-11(12,13)8-5-4-6-9(14)10(8)15/h4-6,14-15H,2-3,7H2,1H3. The molecule has 0 saturated carbocycles. The summed E-state index contributed by atoms with van der Waals surface area (Å²) in [7, 11) is 0. The number of phenols is 2. The topological polar surface area (TPSA) is 40.5 Å². The molecule has 0 unspecified atom stereocenters. The molecule has 0 aliphatic carbocycles. The lowest BCUT2D eigenvalue weighted by atomic mass is 10.0. The van der Waals surface area contributed by atoms with Crippen molar-refractivity contribution in [3.05, 3.63) is 23.8 Å². The molecule has 0 saturated heterocycles. The van der Waals surface area contributed by atoms with Gasteiger partial charge in [-0.25, -0.2) is 8.78 Å². The third-order valence-electron chi connectivity index (χ3n) is 2.25. The minimum atomic E-state index is -3.08. The van der Waals surface area contributed by atoms with Crippen LogP contribution in [0, 0.1) is 0 Å². The van der Waals surface area contributed by atoms with Crippen molar-refractivity contribution >= 4 is 0 Å². The first-order chi connectivity index (χ1) is 6.99. The molecule has 1 aromatic rings. The minimum absolute atomic E-state index is 0.319. The number of aromatic hydroxyl groups is 2. The van der Waals surface area contributed by atoms with E-state index in [1.54, 1.807) is 0 Å². The lowest BCUT2D eigenvalue weighted by molar-refractivity contribution is -0.0176. The molecule has 15 heavy (non-hydrogen) atoms. The van der Waals surface area contributed by atoms with Crippen LogP contribution in [0.25, 0.3) is 0 Å². The normalized spacial score (nSPS) is 11.7. The number of alkyl halides is 2. The number of para-hydroxylation sites is 1.